The van der Waals surface area contributed by atoms with Gasteiger partial charge in [0, 0.05) is 11.7 Å². The van der Waals surface area contributed by atoms with Gasteiger partial charge in [0.15, 0.2) is 5.16 Å². The van der Waals surface area contributed by atoms with Gasteiger partial charge in [-0.15, -0.1) is 0 Å². The van der Waals surface area contributed by atoms with E-state index in [4.69, 9.17) is 11.5 Å². The number of hydrogen-bond acceptors (Lipinski definition) is 7. The van der Waals surface area contributed by atoms with Crippen LogP contribution in [0.3, 0.4) is 0 Å². The highest BCUT2D eigenvalue weighted by molar-refractivity contribution is 7.99. The van der Waals surface area contributed by atoms with Crippen LogP contribution in [0.1, 0.15) is 12.5 Å². The van der Waals surface area contributed by atoms with E-state index in [-0.39, 0.29) is 29.6 Å². The minimum Gasteiger partial charge on any atom is -0.368 e. The minimum absolute atomic E-state index is 0.0139. The first-order valence-electron chi connectivity index (χ1n) is 6.84. The Labute approximate surface area is 132 Å². The van der Waals surface area contributed by atoms with Crippen LogP contribution in [0.15, 0.2) is 29.4 Å². The predicted octanol–water partition coefficient (Wildman–Crippen LogP) is 1.11. The number of amides is 1. The Morgan fingerprint density at radius 1 is 1.27 bits per heavy atom. The summed E-state index contributed by atoms with van der Waals surface area (Å²) in [7, 11) is 0. The third-order valence-corrected chi connectivity index (χ3v) is 4.28. The molecule has 8 heteroatoms. The van der Waals surface area contributed by atoms with Crippen LogP contribution in [-0.2, 0) is 11.2 Å². The average Bonchev–Trinajstić information content (AvgIpc) is 2.79. The highest BCUT2D eigenvalue weighted by atomic mass is 32.2. The highest BCUT2D eigenvalue weighted by Gasteiger charge is 2.30. The largest absolute Gasteiger partial charge is 0.368 e. The molecule has 0 saturated heterocycles. The number of aromatic nitrogens is 3. The fraction of sp³-hybridized carbons (Fsp3) is 0.286. The number of thioether (sulfide) groups is 1. The van der Waals surface area contributed by atoms with Crippen molar-refractivity contribution in [1.29, 1.82) is 0 Å². The molecular formula is C14H16N6OS. The first kappa shape index (κ1) is 14.6. The Kier molecular flexibility index (Phi) is 3.84. The van der Waals surface area contributed by atoms with Gasteiger partial charge in [-0.2, -0.15) is 15.0 Å². The maximum absolute atomic E-state index is 12.5. The van der Waals surface area contributed by atoms with E-state index in [9.17, 15) is 4.79 Å². The summed E-state index contributed by atoms with van der Waals surface area (Å²) in [5.74, 6) is 0.353. The molecule has 0 bridgehead atoms. The Bertz CT molecular complexity index is 702. The van der Waals surface area contributed by atoms with Gasteiger partial charge in [-0.05, 0) is 25.0 Å². The third kappa shape index (κ3) is 2.82. The summed E-state index contributed by atoms with van der Waals surface area (Å²) in [6.07, 6.45) is 0.873. The Balaban J connectivity index is 1.72. The summed E-state index contributed by atoms with van der Waals surface area (Å²) in [5, 5.41) is 0.360. The van der Waals surface area contributed by atoms with E-state index in [2.05, 4.69) is 21.0 Å². The molecule has 1 aromatic carbocycles. The zero-order chi connectivity index (χ0) is 15.7. The molecule has 1 aliphatic rings. The molecule has 1 aliphatic heterocycles. The normalized spacial score (nSPS) is 16.6. The van der Waals surface area contributed by atoms with Crippen molar-refractivity contribution in [3.8, 4) is 0 Å². The molecule has 3 rings (SSSR count). The monoisotopic (exact) mass is 316 g/mol. The van der Waals surface area contributed by atoms with Crippen molar-refractivity contribution >= 4 is 35.3 Å². The van der Waals surface area contributed by atoms with Crippen molar-refractivity contribution in [2.75, 3.05) is 22.1 Å². The molecule has 0 aliphatic carbocycles. The molecule has 2 heterocycles. The van der Waals surface area contributed by atoms with E-state index in [1.165, 1.54) is 17.3 Å². The van der Waals surface area contributed by atoms with Crippen LogP contribution in [0.4, 0.5) is 17.6 Å². The number of benzene rings is 1. The Morgan fingerprint density at radius 2 is 1.95 bits per heavy atom. The van der Waals surface area contributed by atoms with E-state index in [1.807, 2.05) is 30.0 Å². The summed E-state index contributed by atoms with van der Waals surface area (Å²) in [5.41, 5.74) is 13.2. The van der Waals surface area contributed by atoms with Crippen LogP contribution in [0.2, 0.25) is 0 Å². The minimum atomic E-state index is 0.0139. The fourth-order valence-corrected chi connectivity index (χ4v) is 3.30. The van der Waals surface area contributed by atoms with Gasteiger partial charge >= 0.3 is 0 Å². The van der Waals surface area contributed by atoms with E-state index in [0.29, 0.717) is 5.16 Å². The number of hydrogen-bond donors (Lipinski definition) is 2. The topological polar surface area (TPSA) is 111 Å². The molecule has 2 aromatic rings. The summed E-state index contributed by atoms with van der Waals surface area (Å²) in [6, 6.07) is 8.11. The van der Waals surface area contributed by atoms with Crippen molar-refractivity contribution in [1.82, 2.24) is 15.0 Å². The number of carbonyl (C=O) groups excluding carboxylic acids is 1. The zero-order valence-corrected chi connectivity index (χ0v) is 12.9. The second-order valence-corrected chi connectivity index (χ2v) is 6.01. The number of nitrogens with two attached hydrogens (primary N) is 2. The highest BCUT2D eigenvalue weighted by Crippen LogP contribution is 2.32. The van der Waals surface area contributed by atoms with E-state index < -0.39 is 0 Å². The zero-order valence-electron chi connectivity index (χ0n) is 12.1. The van der Waals surface area contributed by atoms with Gasteiger partial charge in [0.1, 0.15) is 0 Å². The van der Waals surface area contributed by atoms with Gasteiger partial charge < -0.3 is 16.4 Å². The molecule has 114 valence electrons. The van der Waals surface area contributed by atoms with Gasteiger partial charge in [0.05, 0.1) is 5.75 Å². The molecular weight excluding hydrogens is 300 g/mol. The fourth-order valence-electron chi connectivity index (χ4n) is 2.59. The average molecular weight is 316 g/mol. The Morgan fingerprint density at radius 3 is 2.68 bits per heavy atom. The third-order valence-electron chi connectivity index (χ3n) is 3.45. The van der Waals surface area contributed by atoms with Gasteiger partial charge in [-0.1, -0.05) is 30.0 Å². The lowest BCUT2D eigenvalue weighted by atomic mass is 10.1. The van der Waals surface area contributed by atoms with Crippen molar-refractivity contribution in [2.24, 2.45) is 0 Å². The SMILES string of the molecule is C[C@@H]1Cc2ccccc2N1C(=O)CSc1nc(N)nc(N)n1. The predicted molar refractivity (Wildman–Crippen MR) is 86.5 cm³/mol. The van der Waals surface area contributed by atoms with Crippen LogP contribution in [0.5, 0.6) is 0 Å². The molecule has 0 saturated carbocycles. The molecule has 1 aromatic heterocycles. The van der Waals surface area contributed by atoms with Gasteiger partial charge in [0.2, 0.25) is 17.8 Å². The first-order chi connectivity index (χ1) is 10.5. The van der Waals surface area contributed by atoms with Gasteiger partial charge in [-0.3, -0.25) is 4.79 Å². The van der Waals surface area contributed by atoms with E-state index >= 15 is 0 Å². The van der Waals surface area contributed by atoms with Crippen molar-refractivity contribution in [3.05, 3.63) is 29.8 Å². The quantitative estimate of drug-likeness (QED) is 0.816. The number of carbonyl (C=O) groups is 1. The lowest BCUT2D eigenvalue weighted by molar-refractivity contribution is -0.116. The molecule has 0 fully saturated rings. The van der Waals surface area contributed by atoms with Crippen LogP contribution >= 0.6 is 11.8 Å². The molecule has 0 radical (unpaired) electrons. The van der Waals surface area contributed by atoms with Crippen LogP contribution < -0.4 is 16.4 Å². The smallest absolute Gasteiger partial charge is 0.237 e. The molecule has 1 amide bonds. The summed E-state index contributed by atoms with van der Waals surface area (Å²) in [6.45, 7) is 2.04. The van der Waals surface area contributed by atoms with E-state index in [0.717, 1.165) is 12.1 Å². The number of rotatable bonds is 3. The standard InChI is InChI=1S/C14H16N6OS/c1-8-6-9-4-2-3-5-10(9)20(8)11(21)7-22-14-18-12(15)17-13(16)19-14/h2-5,8H,6-7H2,1H3,(H4,15,16,17,18,19)/t8-/m1/s1. The number of nitrogens with zero attached hydrogens (tertiary/aromatic N) is 4. The molecule has 0 unspecified atom stereocenters. The lowest BCUT2D eigenvalue weighted by Gasteiger charge is -2.22. The van der Waals surface area contributed by atoms with Crippen molar-refractivity contribution < 1.29 is 4.79 Å². The first-order valence-corrected chi connectivity index (χ1v) is 7.83. The number of anilines is 3. The second-order valence-electron chi connectivity index (χ2n) is 5.07. The molecule has 0 spiro atoms. The molecule has 4 N–H and O–H groups in total. The van der Waals surface area contributed by atoms with Gasteiger partial charge in [-0.25, -0.2) is 0 Å². The molecule has 22 heavy (non-hydrogen) atoms. The van der Waals surface area contributed by atoms with Crippen molar-refractivity contribution in [3.63, 3.8) is 0 Å². The summed E-state index contributed by atoms with van der Waals surface area (Å²) in [4.78, 5) is 26.0. The maximum atomic E-state index is 12.5. The summed E-state index contributed by atoms with van der Waals surface area (Å²) >= 11 is 1.21. The lowest BCUT2D eigenvalue weighted by Crippen LogP contribution is -2.37. The van der Waals surface area contributed by atoms with Crippen LogP contribution in [0, 0.1) is 0 Å². The van der Waals surface area contributed by atoms with Gasteiger partial charge in [0.25, 0.3) is 0 Å². The molecule has 7 nitrogen and oxygen atoms in total. The Hall–Kier alpha value is -2.35. The number of nitrogen functional groups attached to an aromatic ring is 2. The van der Waals surface area contributed by atoms with Crippen LogP contribution in [0.25, 0.3) is 0 Å². The summed E-state index contributed by atoms with van der Waals surface area (Å²) < 4.78 is 0. The number of fused-ring (bicyclic) bond motifs is 1. The molecule has 1 atom stereocenters. The number of para-hydroxylation sites is 1. The van der Waals surface area contributed by atoms with Crippen LogP contribution in [-0.4, -0.2) is 32.7 Å². The van der Waals surface area contributed by atoms with Crippen molar-refractivity contribution in [2.45, 2.75) is 24.5 Å². The maximum Gasteiger partial charge on any atom is 0.237 e. The van der Waals surface area contributed by atoms with E-state index in [1.54, 1.807) is 0 Å². The second kappa shape index (κ2) is 5.80.